The van der Waals surface area contributed by atoms with Crippen LogP contribution in [0.1, 0.15) is 47.0 Å². The van der Waals surface area contributed by atoms with Crippen LogP contribution in [0.4, 0.5) is 5.82 Å². The molecule has 1 fully saturated rings. The molecule has 0 atom stereocenters. The summed E-state index contributed by atoms with van der Waals surface area (Å²) in [5.41, 5.74) is 4.92. The summed E-state index contributed by atoms with van der Waals surface area (Å²) in [6, 6.07) is 2.34. The fourth-order valence-electron chi connectivity index (χ4n) is 3.15. The first-order valence-electron chi connectivity index (χ1n) is 7.85. The van der Waals surface area contributed by atoms with E-state index in [0.717, 1.165) is 42.6 Å². The number of pyridine rings is 1. The molecule has 1 saturated carbocycles. The van der Waals surface area contributed by atoms with Gasteiger partial charge in [0.05, 0.1) is 0 Å². The fraction of sp³-hybridized carbons (Fsp3) is 0.471. The topological polar surface area (TPSA) is 41.9 Å². The number of nitrogens with zero attached hydrogens (tertiary/aromatic N) is 4. The number of halogens is 1. The van der Waals surface area contributed by atoms with E-state index >= 15 is 0 Å². The normalized spacial score (nSPS) is 17.5. The van der Waals surface area contributed by atoms with Crippen LogP contribution in [0.2, 0.25) is 5.15 Å². The predicted molar refractivity (Wildman–Crippen MR) is 87.5 cm³/mol. The number of fused-ring (bicyclic) bond motifs is 1. The molecular formula is C17H19ClN4. The van der Waals surface area contributed by atoms with Gasteiger partial charge in [0.1, 0.15) is 16.8 Å². The van der Waals surface area contributed by atoms with Crippen molar-refractivity contribution in [3.05, 3.63) is 45.6 Å². The summed E-state index contributed by atoms with van der Waals surface area (Å²) in [5.74, 6) is 2.42. The third kappa shape index (κ3) is 2.45. The van der Waals surface area contributed by atoms with E-state index in [1.165, 1.54) is 29.7 Å². The molecule has 4 nitrogen and oxygen atoms in total. The van der Waals surface area contributed by atoms with Crippen LogP contribution in [-0.2, 0) is 13.0 Å². The zero-order valence-corrected chi connectivity index (χ0v) is 13.7. The van der Waals surface area contributed by atoms with Crippen molar-refractivity contribution in [2.45, 2.75) is 45.6 Å². The van der Waals surface area contributed by atoms with Crippen LogP contribution in [-0.4, -0.2) is 21.5 Å². The van der Waals surface area contributed by atoms with Gasteiger partial charge in [0.15, 0.2) is 0 Å². The molecule has 5 heteroatoms. The molecule has 1 aliphatic carbocycles. The molecule has 0 bridgehead atoms. The summed E-state index contributed by atoms with van der Waals surface area (Å²) in [5, 5.41) is 0.554. The van der Waals surface area contributed by atoms with E-state index in [0.29, 0.717) is 5.15 Å². The summed E-state index contributed by atoms with van der Waals surface area (Å²) >= 11 is 6.22. The predicted octanol–water partition coefficient (Wildman–Crippen LogP) is 3.58. The summed E-state index contributed by atoms with van der Waals surface area (Å²) in [4.78, 5) is 15.8. The second-order valence-electron chi connectivity index (χ2n) is 6.33. The highest BCUT2D eigenvalue weighted by Gasteiger charge is 2.27. The molecule has 0 saturated heterocycles. The average Bonchev–Trinajstić information content (AvgIpc) is 3.34. The zero-order valence-electron chi connectivity index (χ0n) is 12.9. The Labute approximate surface area is 135 Å². The van der Waals surface area contributed by atoms with E-state index in [1.807, 2.05) is 13.8 Å². The summed E-state index contributed by atoms with van der Waals surface area (Å²) < 4.78 is 0. The van der Waals surface area contributed by atoms with Gasteiger partial charge in [-0.3, -0.25) is 4.98 Å². The Morgan fingerprint density at radius 1 is 1.23 bits per heavy atom. The Morgan fingerprint density at radius 2 is 2.05 bits per heavy atom. The maximum absolute atomic E-state index is 6.22. The minimum atomic E-state index is 0.554. The van der Waals surface area contributed by atoms with Gasteiger partial charge < -0.3 is 4.90 Å². The highest BCUT2D eigenvalue weighted by molar-refractivity contribution is 6.30. The van der Waals surface area contributed by atoms with E-state index in [9.17, 15) is 0 Å². The Hall–Kier alpha value is -1.68. The Balaban J connectivity index is 1.67. The quantitative estimate of drug-likeness (QED) is 0.795. The second-order valence-corrected chi connectivity index (χ2v) is 6.69. The summed E-state index contributed by atoms with van der Waals surface area (Å²) in [6.07, 6.45) is 5.65. The van der Waals surface area contributed by atoms with Gasteiger partial charge in [-0.15, -0.1) is 0 Å². The van der Waals surface area contributed by atoms with Gasteiger partial charge in [-0.05, 0) is 43.7 Å². The molecule has 2 aliphatic rings. The fourth-order valence-corrected chi connectivity index (χ4v) is 3.36. The molecule has 1 aliphatic heterocycles. The minimum absolute atomic E-state index is 0.554. The molecule has 2 aromatic heterocycles. The summed E-state index contributed by atoms with van der Waals surface area (Å²) in [7, 11) is 0. The second kappa shape index (κ2) is 5.20. The number of aromatic nitrogens is 3. The number of hydrogen-bond acceptors (Lipinski definition) is 4. The number of rotatable bonds is 2. The van der Waals surface area contributed by atoms with Crippen molar-refractivity contribution in [2.24, 2.45) is 0 Å². The zero-order chi connectivity index (χ0) is 15.3. The van der Waals surface area contributed by atoms with E-state index in [-0.39, 0.29) is 0 Å². The van der Waals surface area contributed by atoms with Crippen LogP contribution in [0, 0.1) is 13.8 Å². The monoisotopic (exact) mass is 314 g/mol. The Morgan fingerprint density at radius 3 is 2.82 bits per heavy atom. The molecule has 3 heterocycles. The molecule has 114 valence electrons. The average molecular weight is 315 g/mol. The molecule has 2 aromatic rings. The first-order valence-corrected chi connectivity index (χ1v) is 8.23. The lowest BCUT2D eigenvalue weighted by atomic mass is 10.0. The van der Waals surface area contributed by atoms with Crippen molar-refractivity contribution < 1.29 is 0 Å². The first kappa shape index (κ1) is 13.9. The lowest BCUT2D eigenvalue weighted by Gasteiger charge is -2.30. The number of aryl methyl sites for hydroxylation is 1. The largest absolute Gasteiger partial charge is 0.351 e. The van der Waals surface area contributed by atoms with Crippen LogP contribution in [0.15, 0.2) is 12.3 Å². The van der Waals surface area contributed by atoms with Gasteiger partial charge in [-0.1, -0.05) is 17.7 Å². The standard InChI is InChI=1S/C17H19ClN4/c1-10-16(18)20-11(2)21-17(10)22-6-5-15-14(9-22)7-13(8-19-15)12-3-4-12/h7-8,12H,3-6,9H2,1-2H3. The summed E-state index contributed by atoms with van der Waals surface area (Å²) in [6.45, 7) is 5.66. The van der Waals surface area contributed by atoms with E-state index in [1.54, 1.807) is 0 Å². The number of anilines is 1. The van der Waals surface area contributed by atoms with E-state index in [2.05, 4.69) is 32.1 Å². The molecule has 0 unspecified atom stereocenters. The van der Waals surface area contributed by atoms with Crippen molar-refractivity contribution in [2.75, 3.05) is 11.4 Å². The van der Waals surface area contributed by atoms with Crippen molar-refractivity contribution in [3.63, 3.8) is 0 Å². The van der Waals surface area contributed by atoms with Crippen molar-refractivity contribution in [1.82, 2.24) is 15.0 Å². The smallest absolute Gasteiger partial charge is 0.137 e. The van der Waals surface area contributed by atoms with Gasteiger partial charge in [0.2, 0.25) is 0 Å². The lowest BCUT2D eigenvalue weighted by molar-refractivity contribution is 0.694. The molecule has 0 N–H and O–H groups in total. The third-order valence-corrected chi connectivity index (χ3v) is 4.95. The van der Waals surface area contributed by atoms with Crippen molar-refractivity contribution in [1.29, 1.82) is 0 Å². The number of hydrogen-bond donors (Lipinski definition) is 0. The maximum Gasteiger partial charge on any atom is 0.137 e. The molecule has 22 heavy (non-hydrogen) atoms. The van der Waals surface area contributed by atoms with Crippen LogP contribution in [0.25, 0.3) is 0 Å². The van der Waals surface area contributed by atoms with Gasteiger partial charge >= 0.3 is 0 Å². The van der Waals surface area contributed by atoms with Crippen molar-refractivity contribution in [3.8, 4) is 0 Å². The molecule has 4 rings (SSSR count). The highest BCUT2D eigenvalue weighted by atomic mass is 35.5. The minimum Gasteiger partial charge on any atom is -0.351 e. The Kier molecular flexibility index (Phi) is 3.30. The highest BCUT2D eigenvalue weighted by Crippen LogP contribution is 2.40. The van der Waals surface area contributed by atoms with Gasteiger partial charge in [0, 0.05) is 37.0 Å². The molecule has 0 spiro atoms. The molecule has 0 radical (unpaired) electrons. The van der Waals surface area contributed by atoms with E-state index in [4.69, 9.17) is 11.6 Å². The van der Waals surface area contributed by atoms with Crippen LogP contribution >= 0.6 is 11.6 Å². The molecular weight excluding hydrogens is 296 g/mol. The first-order chi connectivity index (χ1) is 10.6. The van der Waals surface area contributed by atoms with Gasteiger partial charge in [-0.25, -0.2) is 9.97 Å². The van der Waals surface area contributed by atoms with E-state index < -0.39 is 0 Å². The van der Waals surface area contributed by atoms with Gasteiger partial charge in [-0.2, -0.15) is 0 Å². The van der Waals surface area contributed by atoms with Crippen molar-refractivity contribution >= 4 is 17.4 Å². The maximum atomic E-state index is 6.22. The molecule has 0 aromatic carbocycles. The lowest BCUT2D eigenvalue weighted by Crippen LogP contribution is -2.32. The third-order valence-electron chi connectivity index (χ3n) is 4.58. The van der Waals surface area contributed by atoms with Crippen LogP contribution < -0.4 is 4.90 Å². The van der Waals surface area contributed by atoms with Crippen LogP contribution in [0.3, 0.4) is 0 Å². The van der Waals surface area contributed by atoms with Crippen LogP contribution in [0.5, 0.6) is 0 Å². The molecule has 0 amide bonds. The van der Waals surface area contributed by atoms with Gasteiger partial charge in [0.25, 0.3) is 0 Å². The Bertz CT molecular complexity index is 740. The SMILES string of the molecule is Cc1nc(Cl)c(C)c(N2CCc3ncc(C4CC4)cc3C2)n1.